The van der Waals surface area contributed by atoms with Gasteiger partial charge in [0.2, 0.25) is 0 Å². The number of aromatic nitrogens is 2. The molecule has 0 radical (unpaired) electrons. The summed E-state index contributed by atoms with van der Waals surface area (Å²) in [5.41, 5.74) is 1.08. The number of carbonyl (C=O) groups excluding carboxylic acids is 2. The van der Waals surface area contributed by atoms with E-state index in [4.69, 9.17) is 9.47 Å². The maximum absolute atomic E-state index is 11.9. The molecule has 2 aromatic heterocycles. The highest BCUT2D eigenvalue weighted by Gasteiger charge is 2.11. The van der Waals surface area contributed by atoms with Crippen LogP contribution in [-0.4, -0.2) is 47.9 Å². The minimum Gasteiger partial charge on any atom is -0.497 e. The Morgan fingerprint density at radius 3 is 2.79 bits per heavy atom. The zero-order chi connectivity index (χ0) is 19.8. The Hall–Kier alpha value is -2.65. The van der Waals surface area contributed by atoms with Crippen molar-refractivity contribution in [2.24, 2.45) is 0 Å². The van der Waals surface area contributed by atoms with Crippen molar-refractivity contribution in [2.45, 2.75) is 11.4 Å². The third-order valence-corrected chi connectivity index (χ3v) is 5.61. The number of carbonyl (C=O) groups is 2. The summed E-state index contributed by atoms with van der Waals surface area (Å²) in [6.07, 6.45) is 2.16. The summed E-state index contributed by atoms with van der Waals surface area (Å²) in [5.74, 6) is 0.0897. The Labute approximate surface area is 170 Å². The number of benzene rings is 1. The lowest BCUT2D eigenvalue weighted by Crippen LogP contribution is -2.30. The van der Waals surface area contributed by atoms with Gasteiger partial charge in [0, 0.05) is 11.9 Å². The average molecular weight is 418 g/mol. The third-order valence-electron chi connectivity index (χ3n) is 3.81. The molecule has 0 bridgehead atoms. The molecule has 0 aliphatic heterocycles. The Morgan fingerprint density at radius 1 is 1.18 bits per heavy atom. The first-order valence-electron chi connectivity index (χ1n) is 8.52. The van der Waals surface area contributed by atoms with Gasteiger partial charge in [0.05, 0.1) is 12.9 Å². The van der Waals surface area contributed by atoms with Crippen molar-refractivity contribution in [3.63, 3.8) is 0 Å². The van der Waals surface area contributed by atoms with E-state index >= 15 is 0 Å². The first-order valence-corrected chi connectivity index (χ1v) is 10.4. The van der Waals surface area contributed by atoms with Gasteiger partial charge in [0.1, 0.15) is 21.9 Å². The molecule has 1 aromatic carbocycles. The molecule has 0 saturated heterocycles. The molecule has 146 valence electrons. The second-order valence-electron chi connectivity index (χ2n) is 5.72. The summed E-state index contributed by atoms with van der Waals surface area (Å²) in [6, 6.07) is 9.56. The van der Waals surface area contributed by atoms with Gasteiger partial charge in [-0.1, -0.05) is 23.9 Å². The number of thioether (sulfide) groups is 1. The smallest absolute Gasteiger partial charge is 0.316 e. The molecule has 3 aromatic rings. The molecule has 0 atom stereocenters. The van der Waals surface area contributed by atoms with Crippen LogP contribution in [0.4, 0.5) is 0 Å². The minimum absolute atomic E-state index is 0.0844. The highest BCUT2D eigenvalue weighted by Crippen LogP contribution is 2.27. The Kier molecular flexibility index (Phi) is 7.21. The zero-order valence-electron chi connectivity index (χ0n) is 15.2. The SMILES string of the molecule is COc1ccc(CCNC(=O)COC(=O)CSc2ncnc3sccc23)cc1. The molecule has 0 fully saturated rings. The van der Waals surface area contributed by atoms with E-state index in [1.54, 1.807) is 7.11 Å². The fraction of sp³-hybridized carbons (Fsp3) is 0.263. The average Bonchev–Trinajstić information content (AvgIpc) is 3.20. The van der Waals surface area contributed by atoms with Crippen LogP contribution >= 0.6 is 23.1 Å². The molecule has 0 aliphatic carbocycles. The molecule has 2 heterocycles. The summed E-state index contributed by atoms with van der Waals surface area (Å²) in [5, 5.41) is 6.31. The quantitative estimate of drug-likeness (QED) is 0.325. The van der Waals surface area contributed by atoms with E-state index < -0.39 is 5.97 Å². The van der Waals surface area contributed by atoms with E-state index in [0.717, 1.165) is 26.6 Å². The highest BCUT2D eigenvalue weighted by atomic mass is 32.2. The molecule has 0 aliphatic rings. The van der Waals surface area contributed by atoms with Crippen LogP contribution in [0.5, 0.6) is 5.75 Å². The predicted molar refractivity (Wildman–Crippen MR) is 109 cm³/mol. The van der Waals surface area contributed by atoms with Gasteiger partial charge in [0.25, 0.3) is 5.91 Å². The minimum atomic E-state index is -0.461. The number of thiophene rings is 1. The van der Waals surface area contributed by atoms with Crippen molar-refractivity contribution < 1.29 is 19.1 Å². The molecule has 7 nitrogen and oxygen atoms in total. The van der Waals surface area contributed by atoms with Crippen molar-refractivity contribution in [3.05, 3.63) is 47.6 Å². The summed E-state index contributed by atoms with van der Waals surface area (Å²) in [4.78, 5) is 32.9. The number of methoxy groups -OCH3 is 1. The van der Waals surface area contributed by atoms with E-state index in [0.29, 0.717) is 13.0 Å². The van der Waals surface area contributed by atoms with Crippen molar-refractivity contribution in [1.29, 1.82) is 0 Å². The number of amides is 1. The van der Waals surface area contributed by atoms with Crippen LogP contribution < -0.4 is 10.1 Å². The lowest BCUT2D eigenvalue weighted by Gasteiger charge is -2.07. The van der Waals surface area contributed by atoms with E-state index in [9.17, 15) is 9.59 Å². The first kappa shape index (κ1) is 20.1. The molecule has 0 unspecified atom stereocenters. The number of esters is 1. The predicted octanol–water partition coefficient (Wildman–Crippen LogP) is 2.69. The van der Waals surface area contributed by atoms with E-state index in [2.05, 4.69) is 15.3 Å². The molecular formula is C19H19N3O4S2. The zero-order valence-corrected chi connectivity index (χ0v) is 16.8. The first-order chi connectivity index (χ1) is 13.7. The number of hydrogen-bond donors (Lipinski definition) is 1. The largest absolute Gasteiger partial charge is 0.497 e. The van der Waals surface area contributed by atoms with Crippen LogP contribution in [0.2, 0.25) is 0 Å². The number of hydrogen-bond acceptors (Lipinski definition) is 8. The number of nitrogens with zero attached hydrogens (tertiary/aromatic N) is 2. The molecule has 0 spiro atoms. The van der Waals surface area contributed by atoms with Crippen LogP contribution in [0, 0.1) is 0 Å². The standard InChI is InChI=1S/C19H19N3O4S2/c1-25-14-4-2-13(3-5-14)6-8-20-16(23)10-26-17(24)11-28-19-15-7-9-27-18(15)21-12-22-19/h2-5,7,9,12H,6,8,10-11H2,1H3,(H,20,23). The maximum atomic E-state index is 11.9. The van der Waals surface area contributed by atoms with Crippen molar-refractivity contribution in [2.75, 3.05) is 26.0 Å². The monoisotopic (exact) mass is 417 g/mol. The molecule has 28 heavy (non-hydrogen) atoms. The van der Waals surface area contributed by atoms with Gasteiger partial charge in [-0.3, -0.25) is 9.59 Å². The highest BCUT2D eigenvalue weighted by molar-refractivity contribution is 8.00. The Balaban J connectivity index is 1.34. The van der Waals surface area contributed by atoms with Gasteiger partial charge in [-0.2, -0.15) is 0 Å². The number of ether oxygens (including phenoxy) is 2. The molecular weight excluding hydrogens is 398 g/mol. The fourth-order valence-electron chi connectivity index (χ4n) is 2.39. The van der Waals surface area contributed by atoms with Crippen LogP contribution in [0.1, 0.15) is 5.56 Å². The topological polar surface area (TPSA) is 90.4 Å². The van der Waals surface area contributed by atoms with Crippen LogP contribution in [0.3, 0.4) is 0 Å². The van der Waals surface area contributed by atoms with Gasteiger partial charge < -0.3 is 14.8 Å². The molecule has 0 saturated carbocycles. The lowest BCUT2D eigenvalue weighted by molar-refractivity contribution is -0.145. The second kappa shape index (κ2) is 10.0. The number of rotatable bonds is 9. The van der Waals surface area contributed by atoms with E-state index in [1.807, 2.05) is 35.7 Å². The summed E-state index contributed by atoms with van der Waals surface area (Å²) in [6.45, 7) is 0.175. The van der Waals surface area contributed by atoms with Gasteiger partial charge >= 0.3 is 5.97 Å². The van der Waals surface area contributed by atoms with Crippen LogP contribution in [0.15, 0.2) is 47.1 Å². The summed E-state index contributed by atoms with van der Waals surface area (Å²) in [7, 11) is 1.62. The van der Waals surface area contributed by atoms with Crippen molar-refractivity contribution >= 4 is 45.2 Å². The van der Waals surface area contributed by atoms with Crippen molar-refractivity contribution in [1.82, 2.24) is 15.3 Å². The van der Waals surface area contributed by atoms with E-state index in [-0.39, 0.29) is 18.3 Å². The Bertz CT molecular complexity index is 944. The van der Waals surface area contributed by atoms with Crippen LogP contribution in [0.25, 0.3) is 10.2 Å². The normalized spacial score (nSPS) is 10.6. The third kappa shape index (κ3) is 5.67. The number of fused-ring (bicyclic) bond motifs is 1. The molecule has 1 amide bonds. The molecule has 1 N–H and O–H groups in total. The number of nitrogens with one attached hydrogen (secondary N) is 1. The van der Waals surface area contributed by atoms with Gasteiger partial charge in [-0.05, 0) is 35.6 Å². The Morgan fingerprint density at radius 2 is 2.00 bits per heavy atom. The van der Waals surface area contributed by atoms with Gasteiger partial charge in [-0.25, -0.2) is 9.97 Å². The van der Waals surface area contributed by atoms with Gasteiger partial charge in [-0.15, -0.1) is 11.3 Å². The second-order valence-corrected chi connectivity index (χ2v) is 7.57. The fourth-order valence-corrected chi connectivity index (χ4v) is 3.96. The van der Waals surface area contributed by atoms with Crippen molar-refractivity contribution in [3.8, 4) is 5.75 Å². The van der Waals surface area contributed by atoms with E-state index in [1.165, 1.54) is 29.4 Å². The summed E-state index contributed by atoms with van der Waals surface area (Å²) >= 11 is 2.79. The van der Waals surface area contributed by atoms with Gasteiger partial charge in [0.15, 0.2) is 6.61 Å². The van der Waals surface area contributed by atoms with Crippen LogP contribution in [-0.2, 0) is 20.7 Å². The summed E-state index contributed by atoms with van der Waals surface area (Å²) < 4.78 is 10.1. The maximum Gasteiger partial charge on any atom is 0.316 e. The molecule has 3 rings (SSSR count). The lowest BCUT2D eigenvalue weighted by atomic mass is 10.1. The molecule has 9 heteroatoms.